The van der Waals surface area contributed by atoms with Crippen molar-refractivity contribution in [1.29, 1.82) is 0 Å². The molecular formula is C26H37N3O3S. The number of carbonyl (C=O) groups excluding carboxylic acids is 2. The van der Waals surface area contributed by atoms with Crippen LogP contribution in [0.2, 0.25) is 0 Å². The second-order valence-electron chi connectivity index (χ2n) is 8.91. The molecule has 0 spiro atoms. The molecule has 180 valence electrons. The quantitative estimate of drug-likeness (QED) is 0.546. The van der Waals surface area contributed by atoms with E-state index in [0.29, 0.717) is 25.6 Å². The molecule has 2 aromatic rings. The summed E-state index contributed by atoms with van der Waals surface area (Å²) in [4.78, 5) is 30.9. The summed E-state index contributed by atoms with van der Waals surface area (Å²) in [6.45, 7) is 11.9. The molecule has 0 radical (unpaired) electrons. The lowest BCUT2D eigenvalue weighted by atomic mass is 10.00. The van der Waals surface area contributed by atoms with Gasteiger partial charge in [-0.1, -0.05) is 32.9 Å². The fraction of sp³-hybridized carbons (Fsp3) is 0.538. The number of urea groups is 1. The second kappa shape index (κ2) is 11.5. The van der Waals surface area contributed by atoms with Crippen LogP contribution in [-0.4, -0.2) is 54.0 Å². The Hall–Kier alpha value is -2.54. The molecule has 3 amide bonds. The largest absolute Gasteiger partial charge is 0.491 e. The molecule has 0 bridgehead atoms. The number of carbonyl (C=O) groups is 2. The fourth-order valence-electron chi connectivity index (χ4n) is 4.14. The van der Waals surface area contributed by atoms with E-state index in [0.717, 1.165) is 24.2 Å². The van der Waals surface area contributed by atoms with Crippen LogP contribution in [0.5, 0.6) is 5.75 Å². The minimum atomic E-state index is -0.188. The molecular weight excluding hydrogens is 434 g/mol. The van der Waals surface area contributed by atoms with Crippen molar-refractivity contribution in [3.05, 3.63) is 51.7 Å². The third-order valence-corrected chi connectivity index (χ3v) is 7.38. The van der Waals surface area contributed by atoms with Crippen molar-refractivity contribution < 1.29 is 14.3 Å². The Morgan fingerprint density at radius 2 is 1.91 bits per heavy atom. The van der Waals surface area contributed by atoms with Gasteiger partial charge in [0, 0.05) is 24.0 Å². The van der Waals surface area contributed by atoms with Crippen molar-refractivity contribution in [2.75, 3.05) is 26.2 Å². The number of hydrogen-bond acceptors (Lipinski definition) is 4. The smallest absolute Gasteiger partial charge is 0.318 e. The molecule has 0 saturated heterocycles. The summed E-state index contributed by atoms with van der Waals surface area (Å²) in [5, 5.41) is 4.93. The average Bonchev–Trinajstić information content (AvgIpc) is 3.29. The highest BCUT2D eigenvalue weighted by Gasteiger charge is 2.34. The van der Waals surface area contributed by atoms with E-state index in [2.05, 4.69) is 42.7 Å². The SMILES string of the molecule is CCNC(=O)N(CC(=O)N1CCc2sccc2[C@@H]1COc1ccc(C(C)C)cc1)[C@H](C)CC. The molecule has 0 aliphatic carbocycles. The number of ether oxygens (including phenoxy) is 1. The van der Waals surface area contributed by atoms with E-state index in [1.165, 1.54) is 10.4 Å². The molecule has 33 heavy (non-hydrogen) atoms. The Morgan fingerprint density at radius 1 is 1.18 bits per heavy atom. The molecule has 1 aromatic carbocycles. The molecule has 1 aliphatic rings. The number of nitrogens with zero attached hydrogens (tertiary/aromatic N) is 2. The summed E-state index contributed by atoms with van der Waals surface area (Å²) in [6, 6.07) is 9.92. The van der Waals surface area contributed by atoms with E-state index in [-0.39, 0.29) is 30.6 Å². The highest BCUT2D eigenvalue weighted by atomic mass is 32.1. The molecule has 1 aliphatic heterocycles. The van der Waals surface area contributed by atoms with E-state index in [1.807, 2.05) is 37.8 Å². The number of benzene rings is 1. The first-order valence-electron chi connectivity index (χ1n) is 12.0. The number of nitrogens with one attached hydrogen (secondary N) is 1. The summed E-state index contributed by atoms with van der Waals surface area (Å²) in [5.74, 6) is 1.23. The maximum absolute atomic E-state index is 13.5. The predicted molar refractivity (Wildman–Crippen MR) is 134 cm³/mol. The van der Waals surface area contributed by atoms with E-state index in [4.69, 9.17) is 4.74 Å². The van der Waals surface area contributed by atoms with Gasteiger partial charge >= 0.3 is 6.03 Å². The van der Waals surface area contributed by atoms with Gasteiger partial charge in [0.2, 0.25) is 5.91 Å². The van der Waals surface area contributed by atoms with Crippen molar-refractivity contribution >= 4 is 23.3 Å². The summed E-state index contributed by atoms with van der Waals surface area (Å²) in [5.41, 5.74) is 2.43. The average molecular weight is 472 g/mol. The van der Waals surface area contributed by atoms with Gasteiger partial charge in [-0.05, 0) is 67.3 Å². The van der Waals surface area contributed by atoms with Gasteiger partial charge in [0.05, 0.1) is 6.04 Å². The van der Waals surface area contributed by atoms with Gasteiger partial charge < -0.3 is 19.9 Å². The molecule has 2 heterocycles. The first-order chi connectivity index (χ1) is 15.8. The zero-order valence-electron chi connectivity index (χ0n) is 20.5. The van der Waals surface area contributed by atoms with Gasteiger partial charge in [-0.2, -0.15) is 0 Å². The van der Waals surface area contributed by atoms with Crippen LogP contribution < -0.4 is 10.1 Å². The van der Waals surface area contributed by atoms with Crippen LogP contribution in [0, 0.1) is 0 Å². The van der Waals surface area contributed by atoms with Gasteiger partial charge in [-0.15, -0.1) is 11.3 Å². The predicted octanol–water partition coefficient (Wildman–Crippen LogP) is 5.21. The molecule has 2 atom stereocenters. The maximum atomic E-state index is 13.5. The number of rotatable bonds is 9. The van der Waals surface area contributed by atoms with Gasteiger partial charge in [0.1, 0.15) is 18.9 Å². The standard InChI is InChI=1S/C26H37N3O3S/c1-6-19(5)29(26(31)27-7-2)16-25(30)28-14-12-24-22(13-15-33-24)23(28)17-32-21-10-8-20(9-11-21)18(3)4/h8-11,13,15,18-19,23H,6-7,12,14,16-17H2,1-5H3,(H,27,31)/t19-,23+/m1/s1. The lowest BCUT2D eigenvalue weighted by Gasteiger charge is -2.38. The normalized spacial score (nSPS) is 16.3. The summed E-state index contributed by atoms with van der Waals surface area (Å²) in [6.07, 6.45) is 1.63. The van der Waals surface area contributed by atoms with E-state index in [9.17, 15) is 9.59 Å². The van der Waals surface area contributed by atoms with Crippen LogP contribution in [0.4, 0.5) is 4.79 Å². The minimum absolute atomic E-state index is 0.0174. The number of amides is 3. The topological polar surface area (TPSA) is 61.9 Å². The van der Waals surface area contributed by atoms with Crippen LogP contribution in [0.15, 0.2) is 35.7 Å². The van der Waals surface area contributed by atoms with Gasteiger partial charge in [0.25, 0.3) is 0 Å². The molecule has 3 rings (SSSR count). The Labute approximate surface area is 201 Å². The third-order valence-electron chi connectivity index (χ3n) is 6.39. The van der Waals surface area contributed by atoms with Crippen LogP contribution in [0.3, 0.4) is 0 Å². The van der Waals surface area contributed by atoms with Crippen molar-refractivity contribution in [2.45, 2.75) is 65.5 Å². The van der Waals surface area contributed by atoms with Crippen LogP contribution in [-0.2, 0) is 11.2 Å². The first kappa shape index (κ1) is 25.1. The zero-order valence-corrected chi connectivity index (χ0v) is 21.3. The van der Waals surface area contributed by atoms with Crippen LogP contribution in [0.1, 0.15) is 69.0 Å². The van der Waals surface area contributed by atoms with Crippen molar-refractivity contribution in [2.24, 2.45) is 0 Å². The Balaban J connectivity index is 1.76. The Morgan fingerprint density at radius 3 is 2.55 bits per heavy atom. The monoisotopic (exact) mass is 471 g/mol. The van der Waals surface area contributed by atoms with E-state index < -0.39 is 0 Å². The number of hydrogen-bond donors (Lipinski definition) is 1. The highest BCUT2D eigenvalue weighted by Crippen LogP contribution is 2.34. The van der Waals surface area contributed by atoms with Gasteiger partial charge in [-0.25, -0.2) is 4.79 Å². The highest BCUT2D eigenvalue weighted by molar-refractivity contribution is 7.10. The van der Waals surface area contributed by atoms with E-state index >= 15 is 0 Å². The fourth-order valence-corrected chi connectivity index (χ4v) is 5.06. The Kier molecular flexibility index (Phi) is 8.78. The minimum Gasteiger partial charge on any atom is -0.491 e. The lowest BCUT2D eigenvalue weighted by Crippen LogP contribution is -2.52. The number of fused-ring (bicyclic) bond motifs is 1. The summed E-state index contributed by atoms with van der Waals surface area (Å²) < 4.78 is 6.16. The molecule has 7 heteroatoms. The Bertz CT molecular complexity index is 925. The molecule has 0 saturated carbocycles. The maximum Gasteiger partial charge on any atom is 0.318 e. The molecule has 0 unspecified atom stereocenters. The van der Waals surface area contributed by atoms with Crippen molar-refractivity contribution in [3.63, 3.8) is 0 Å². The summed E-state index contributed by atoms with van der Waals surface area (Å²) >= 11 is 1.74. The van der Waals surface area contributed by atoms with Crippen LogP contribution in [0.25, 0.3) is 0 Å². The van der Waals surface area contributed by atoms with Crippen LogP contribution >= 0.6 is 11.3 Å². The molecule has 6 nitrogen and oxygen atoms in total. The van der Waals surface area contributed by atoms with Crippen molar-refractivity contribution in [3.8, 4) is 5.75 Å². The van der Waals surface area contributed by atoms with Gasteiger partial charge in [-0.3, -0.25) is 4.79 Å². The third kappa shape index (κ3) is 6.08. The zero-order chi connectivity index (χ0) is 24.0. The molecule has 0 fully saturated rings. The van der Waals surface area contributed by atoms with Gasteiger partial charge in [0.15, 0.2) is 0 Å². The lowest BCUT2D eigenvalue weighted by molar-refractivity contribution is -0.135. The first-order valence-corrected chi connectivity index (χ1v) is 12.9. The second-order valence-corrected chi connectivity index (χ2v) is 9.91. The molecule has 1 aromatic heterocycles. The van der Waals surface area contributed by atoms with E-state index in [1.54, 1.807) is 16.2 Å². The van der Waals surface area contributed by atoms with Crippen molar-refractivity contribution in [1.82, 2.24) is 15.1 Å². The molecule has 1 N–H and O–H groups in total. The summed E-state index contributed by atoms with van der Waals surface area (Å²) in [7, 11) is 0. The number of thiophene rings is 1.